The Bertz CT molecular complexity index is 1070. The van der Waals surface area contributed by atoms with Crippen molar-refractivity contribution in [3.05, 3.63) is 77.0 Å². The summed E-state index contributed by atoms with van der Waals surface area (Å²) in [7, 11) is 1.63. The molecule has 0 radical (unpaired) electrons. The van der Waals surface area contributed by atoms with Gasteiger partial charge in [0, 0.05) is 22.9 Å². The lowest BCUT2D eigenvalue weighted by molar-refractivity contribution is 0.0949. The molecule has 0 saturated heterocycles. The van der Waals surface area contributed by atoms with Gasteiger partial charge in [-0.25, -0.2) is 5.43 Å². The van der Waals surface area contributed by atoms with Crippen LogP contribution in [0.2, 0.25) is 0 Å². The summed E-state index contributed by atoms with van der Waals surface area (Å²) in [6, 6.07) is 15.8. The second-order valence-corrected chi connectivity index (χ2v) is 6.40. The van der Waals surface area contributed by atoms with Crippen molar-refractivity contribution in [3.63, 3.8) is 0 Å². The van der Waals surface area contributed by atoms with Crippen LogP contribution in [0.5, 0.6) is 5.75 Å². The Labute approximate surface area is 162 Å². The van der Waals surface area contributed by atoms with Crippen LogP contribution in [0, 0.1) is 0 Å². The van der Waals surface area contributed by atoms with Gasteiger partial charge in [-0.15, -0.1) is 0 Å². The van der Waals surface area contributed by atoms with Crippen molar-refractivity contribution in [2.45, 2.75) is 12.8 Å². The monoisotopic (exact) mass is 372 g/mol. The van der Waals surface area contributed by atoms with E-state index in [2.05, 4.69) is 26.8 Å². The van der Waals surface area contributed by atoms with Crippen LogP contribution in [0.15, 0.2) is 59.7 Å². The maximum absolute atomic E-state index is 12.5. The van der Waals surface area contributed by atoms with Crippen molar-refractivity contribution in [3.8, 4) is 17.0 Å². The lowest BCUT2D eigenvalue weighted by Gasteiger charge is -2.15. The Hall–Kier alpha value is -3.67. The number of hydrogen-bond acceptors (Lipinski definition) is 4. The number of nitrogens with zero attached hydrogens (tertiary/aromatic N) is 2. The molecule has 140 valence electrons. The Morgan fingerprint density at radius 2 is 2.00 bits per heavy atom. The number of para-hydroxylation sites is 1. The van der Waals surface area contributed by atoms with Gasteiger partial charge in [0.05, 0.1) is 12.8 Å². The first-order chi connectivity index (χ1) is 13.8. The van der Waals surface area contributed by atoms with Gasteiger partial charge in [0.1, 0.15) is 11.4 Å². The third-order valence-corrected chi connectivity index (χ3v) is 4.75. The number of benzene rings is 2. The molecule has 1 aliphatic rings. The van der Waals surface area contributed by atoms with Gasteiger partial charge in [-0.3, -0.25) is 9.89 Å². The molecule has 1 aromatic heterocycles. The molecule has 2 N–H and O–H groups in total. The highest BCUT2D eigenvalue weighted by Crippen LogP contribution is 2.33. The third kappa shape index (κ3) is 3.44. The molecule has 0 unspecified atom stereocenters. The van der Waals surface area contributed by atoms with E-state index in [0.29, 0.717) is 5.69 Å². The first-order valence-corrected chi connectivity index (χ1v) is 9.06. The number of carbonyl (C=O) groups excluding carboxylic acids is 1. The summed E-state index contributed by atoms with van der Waals surface area (Å²) >= 11 is 0. The van der Waals surface area contributed by atoms with Gasteiger partial charge >= 0.3 is 0 Å². The molecule has 6 heteroatoms. The molecule has 0 spiro atoms. The van der Waals surface area contributed by atoms with Crippen molar-refractivity contribution < 1.29 is 9.53 Å². The summed E-state index contributed by atoms with van der Waals surface area (Å²) in [5.41, 5.74) is 8.09. The molecule has 1 aliphatic carbocycles. The number of methoxy groups -OCH3 is 1. The topological polar surface area (TPSA) is 79.4 Å². The standard InChI is InChI=1S/C22H20N4O2/c1-28-19-11-5-3-8-16(19)9-6-14-23-26-22(27)21-18-13-12-15-7-2-4-10-17(15)20(18)24-25-21/h2-11,14H,12-13H2,1H3,(H,24,25)(H,26,27)/b9-6+,23-14+. The van der Waals surface area contributed by atoms with E-state index in [1.165, 1.54) is 11.8 Å². The lowest BCUT2D eigenvalue weighted by atomic mass is 9.89. The van der Waals surface area contributed by atoms with Crippen LogP contribution in [-0.2, 0) is 12.8 Å². The van der Waals surface area contributed by atoms with Crippen molar-refractivity contribution in [2.24, 2.45) is 5.10 Å². The number of H-pyrrole nitrogens is 1. The number of carbonyl (C=O) groups is 1. The van der Waals surface area contributed by atoms with Crippen molar-refractivity contribution in [2.75, 3.05) is 7.11 Å². The summed E-state index contributed by atoms with van der Waals surface area (Å²) in [4.78, 5) is 12.5. The van der Waals surface area contributed by atoms with E-state index in [1.807, 2.05) is 48.5 Å². The fraction of sp³-hybridized carbons (Fsp3) is 0.136. The molecule has 1 amide bonds. The zero-order chi connectivity index (χ0) is 19.3. The molecule has 4 rings (SSSR count). The Morgan fingerprint density at radius 1 is 1.18 bits per heavy atom. The van der Waals surface area contributed by atoms with Gasteiger partial charge in [-0.2, -0.15) is 10.2 Å². The van der Waals surface area contributed by atoms with Crippen molar-refractivity contribution in [1.29, 1.82) is 0 Å². The quantitative estimate of drug-likeness (QED) is 0.530. The molecule has 0 fully saturated rings. The minimum Gasteiger partial charge on any atom is -0.496 e. The van der Waals surface area contributed by atoms with Crippen LogP contribution in [0.3, 0.4) is 0 Å². The fourth-order valence-electron chi connectivity index (χ4n) is 3.39. The Kier molecular flexibility index (Phi) is 5.01. The molecule has 2 aromatic carbocycles. The number of fused-ring (bicyclic) bond motifs is 3. The van der Waals surface area contributed by atoms with E-state index < -0.39 is 0 Å². The van der Waals surface area contributed by atoms with Gasteiger partial charge in [0.2, 0.25) is 0 Å². The summed E-state index contributed by atoms with van der Waals surface area (Å²) < 4.78 is 5.29. The zero-order valence-corrected chi connectivity index (χ0v) is 15.5. The van der Waals surface area contributed by atoms with E-state index in [9.17, 15) is 4.79 Å². The van der Waals surface area contributed by atoms with Crippen LogP contribution in [0.1, 0.15) is 27.2 Å². The first kappa shape index (κ1) is 17.7. The predicted molar refractivity (Wildman–Crippen MR) is 109 cm³/mol. The van der Waals surface area contributed by atoms with E-state index in [1.54, 1.807) is 13.2 Å². The van der Waals surface area contributed by atoms with Crippen LogP contribution in [0.4, 0.5) is 0 Å². The predicted octanol–water partition coefficient (Wildman–Crippen LogP) is 3.61. The van der Waals surface area contributed by atoms with Gasteiger partial charge in [0.15, 0.2) is 0 Å². The Morgan fingerprint density at radius 3 is 2.89 bits per heavy atom. The molecule has 0 aliphatic heterocycles. The second-order valence-electron chi connectivity index (χ2n) is 6.40. The molecule has 3 aromatic rings. The summed E-state index contributed by atoms with van der Waals surface area (Å²) in [5, 5.41) is 11.2. The Balaban J connectivity index is 1.44. The molecule has 0 atom stereocenters. The highest BCUT2D eigenvalue weighted by molar-refractivity contribution is 5.96. The number of allylic oxidation sites excluding steroid dienone is 1. The van der Waals surface area contributed by atoms with Crippen molar-refractivity contribution >= 4 is 18.2 Å². The molecular weight excluding hydrogens is 352 g/mol. The SMILES string of the molecule is COc1ccccc1/C=C/C=N/NC(=O)c1[nH]nc2c1CCc1ccccc1-2. The number of aromatic nitrogens is 2. The summed E-state index contributed by atoms with van der Waals surface area (Å²) in [6.45, 7) is 0. The minimum atomic E-state index is -0.296. The molecule has 28 heavy (non-hydrogen) atoms. The van der Waals surface area contributed by atoms with Crippen LogP contribution >= 0.6 is 0 Å². The van der Waals surface area contributed by atoms with E-state index >= 15 is 0 Å². The van der Waals surface area contributed by atoms with Gasteiger partial charge < -0.3 is 4.74 Å². The van der Waals surface area contributed by atoms with Gasteiger partial charge in [-0.1, -0.05) is 42.5 Å². The zero-order valence-electron chi connectivity index (χ0n) is 15.5. The minimum absolute atomic E-state index is 0.296. The normalized spacial score (nSPS) is 12.8. The summed E-state index contributed by atoms with van der Waals surface area (Å²) in [6.07, 6.45) is 6.82. The average molecular weight is 372 g/mol. The highest BCUT2D eigenvalue weighted by Gasteiger charge is 2.24. The van der Waals surface area contributed by atoms with Gasteiger partial charge in [-0.05, 0) is 36.6 Å². The number of rotatable bonds is 5. The highest BCUT2D eigenvalue weighted by atomic mass is 16.5. The molecule has 6 nitrogen and oxygen atoms in total. The number of ether oxygens (including phenoxy) is 1. The largest absolute Gasteiger partial charge is 0.496 e. The number of amides is 1. The average Bonchev–Trinajstić information content (AvgIpc) is 3.18. The molecular formula is C22H20N4O2. The van der Waals surface area contributed by atoms with Crippen LogP contribution in [0.25, 0.3) is 17.3 Å². The molecule has 0 saturated carbocycles. The number of hydrazone groups is 1. The van der Waals surface area contributed by atoms with E-state index in [-0.39, 0.29) is 5.91 Å². The number of aromatic amines is 1. The van der Waals surface area contributed by atoms with Gasteiger partial charge in [0.25, 0.3) is 5.91 Å². The molecule has 1 heterocycles. The van der Waals surface area contributed by atoms with Crippen LogP contribution < -0.4 is 10.2 Å². The molecule has 0 bridgehead atoms. The fourth-order valence-corrected chi connectivity index (χ4v) is 3.39. The smallest absolute Gasteiger partial charge is 0.289 e. The maximum Gasteiger partial charge on any atom is 0.289 e. The second kappa shape index (κ2) is 7.92. The van der Waals surface area contributed by atoms with E-state index in [0.717, 1.165) is 41.0 Å². The summed E-state index contributed by atoms with van der Waals surface area (Å²) in [5.74, 6) is 0.482. The maximum atomic E-state index is 12.5. The number of nitrogens with one attached hydrogen (secondary N) is 2. The third-order valence-electron chi connectivity index (χ3n) is 4.75. The van der Waals surface area contributed by atoms with E-state index in [4.69, 9.17) is 4.74 Å². The lowest BCUT2D eigenvalue weighted by Crippen LogP contribution is -2.20. The number of hydrogen-bond donors (Lipinski definition) is 2. The number of aryl methyl sites for hydroxylation is 1. The van der Waals surface area contributed by atoms with Crippen LogP contribution in [-0.4, -0.2) is 29.4 Å². The van der Waals surface area contributed by atoms with Crippen molar-refractivity contribution in [1.82, 2.24) is 15.6 Å². The first-order valence-electron chi connectivity index (χ1n) is 9.06.